The second kappa shape index (κ2) is 13.3. The van der Waals surface area contributed by atoms with Crippen LogP contribution in [-0.2, 0) is 24.5 Å². The van der Waals surface area contributed by atoms with Gasteiger partial charge in [0.2, 0.25) is 0 Å². The van der Waals surface area contributed by atoms with E-state index in [0.717, 1.165) is 56.3 Å². The zero-order valence-electron chi connectivity index (χ0n) is 22.2. The molecule has 0 radical (unpaired) electrons. The molecule has 1 saturated carbocycles. The minimum Gasteiger partial charge on any atom is -0.462 e. The van der Waals surface area contributed by atoms with Gasteiger partial charge in [-0.15, -0.1) is 0 Å². The summed E-state index contributed by atoms with van der Waals surface area (Å²) in [6.07, 6.45) is 8.88. The molecule has 3 rings (SSSR count). The van der Waals surface area contributed by atoms with Crippen molar-refractivity contribution in [1.29, 1.82) is 0 Å². The molecule has 1 fully saturated rings. The number of nitrogen functional groups attached to an aromatic ring is 2. The third-order valence-corrected chi connectivity index (χ3v) is 6.75. The van der Waals surface area contributed by atoms with Crippen molar-refractivity contribution in [2.75, 3.05) is 24.7 Å². The highest BCUT2D eigenvalue weighted by Gasteiger charge is 2.28. The first-order valence-electron chi connectivity index (χ1n) is 13.1. The highest BCUT2D eigenvalue weighted by molar-refractivity contribution is 5.87. The van der Waals surface area contributed by atoms with Crippen molar-refractivity contribution < 1.29 is 23.8 Å². The summed E-state index contributed by atoms with van der Waals surface area (Å²) in [7, 11) is 0. The minimum absolute atomic E-state index is 0.0896. The molecule has 0 aliphatic heterocycles. The molecule has 4 N–H and O–H groups in total. The lowest BCUT2D eigenvalue weighted by atomic mass is 9.84. The molecule has 37 heavy (non-hydrogen) atoms. The average molecular weight is 509 g/mol. The molecule has 7 heteroatoms. The van der Waals surface area contributed by atoms with Gasteiger partial charge >= 0.3 is 11.9 Å². The molecule has 1 aliphatic carbocycles. The van der Waals surface area contributed by atoms with Crippen LogP contribution in [0.5, 0.6) is 5.75 Å². The number of benzene rings is 2. The number of hydrogen-bond acceptors (Lipinski definition) is 7. The van der Waals surface area contributed by atoms with Crippen LogP contribution in [0.25, 0.3) is 6.08 Å². The number of esters is 2. The maximum atomic E-state index is 12.6. The molecule has 0 atom stereocenters. The summed E-state index contributed by atoms with van der Waals surface area (Å²) < 4.78 is 16.9. The highest BCUT2D eigenvalue weighted by atomic mass is 16.5. The van der Waals surface area contributed by atoms with Crippen LogP contribution >= 0.6 is 0 Å². The number of anilines is 2. The largest absolute Gasteiger partial charge is 0.462 e. The Kier molecular flexibility index (Phi) is 10.1. The fourth-order valence-electron chi connectivity index (χ4n) is 4.45. The summed E-state index contributed by atoms with van der Waals surface area (Å²) in [6, 6.07) is 12.4. The smallest absolute Gasteiger partial charge is 0.330 e. The fraction of sp³-hybridized carbons (Fsp3) is 0.467. The van der Waals surface area contributed by atoms with Gasteiger partial charge in [-0.25, -0.2) is 4.79 Å². The zero-order chi connectivity index (χ0) is 26.8. The predicted octanol–water partition coefficient (Wildman–Crippen LogP) is 5.67. The van der Waals surface area contributed by atoms with Gasteiger partial charge in [-0.3, -0.25) is 4.79 Å². The monoisotopic (exact) mass is 508 g/mol. The molecule has 2 aromatic rings. The Balaban J connectivity index is 1.44. The van der Waals surface area contributed by atoms with Gasteiger partial charge in [0.1, 0.15) is 12.4 Å². The minimum atomic E-state index is -0.464. The molecular weight excluding hydrogens is 468 g/mol. The Morgan fingerprint density at radius 3 is 2.38 bits per heavy atom. The first kappa shape index (κ1) is 28.3. The van der Waals surface area contributed by atoms with Crippen molar-refractivity contribution in [2.24, 2.45) is 5.92 Å². The summed E-state index contributed by atoms with van der Waals surface area (Å²) in [5.74, 6) is -0.239. The van der Waals surface area contributed by atoms with Crippen LogP contribution in [0.3, 0.4) is 0 Å². The van der Waals surface area contributed by atoms with Gasteiger partial charge in [-0.05, 0) is 73.6 Å². The molecular formula is C30H40N2O5. The van der Waals surface area contributed by atoms with Crippen LogP contribution in [-0.4, -0.2) is 31.3 Å². The van der Waals surface area contributed by atoms with Crippen LogP contribution in [0, 0.1) is 5.92 Å². The summed E-state index contributed by atoms with van der Waals surface area (Å²) in [4.78, 5) is 24.9. The molecule has 2 aromatic carbocycles. The second-order valence-electron chi connectivity index (χ2n) is 10.4. The third-order valence-electron chi connectivity index (χ3n) is 6.75. The van der Waals surface area contributed by atoms with Gasteiger partial charge in [0.25, 0.3) is 0 Å². The number of carbonyl (C=O) groups is 2. The summed E-state index contributed by atoms with van der Waals surface area (Å²) in [6.45, 7) is 7.03. The molecule has 0 bridgehead atoms. The van der Waals surface area contributed by atoms with E-state index in [0.29, 0.717) is 17.1 Å². The highest BCUT2D eigenvalue weighted by Crippen LogP contribution is 2.30. The standard InChI is InChI=1S/C30H40N2O5/c1-4-5-18-35-24-14-9-22(10-15-24)29(34)37-25-12-6-21(7-13-25)8-17-28(33)36-20-30(2,3)26-16-11-23(31)19-27(26)32/h6-8,11-13,16-17,19,22,24H,4-5,9-10,14-15,18,20,31-32H2,1-3H3/b17-8+. The molecule has 0 aromatic heterocycles. The summed E-state index contributed by atoms with van der Waals surface area (Å²) in [5, 5.41) is 0. The van der Waals surface area contributed by atoms with Crippen LogP contribution in [0.1, 0.15) is 70.4 Å². The van der Waals surface area contributed by atoms with Crippen LogP contribution in [0.4, 0.5) is 11.4 Å². The van der Waals surface area contributed by atoms with Crippen molar-refractivity contribution in [2.45, 2.75) is 70.8 Å². The van der Waals surface area contributed by atoms with Crippen LogP contribution in [0.2, 0.25) is 0 Å². The zero-order valence-corrected chi connectivity index (χ0v) is 22.2. The van der Waals surface area contributed by atoms with Gasteiger partial charge in [-0.1, -0.05) is 45.4 Å². The Morgan fingerprint density at radius 2 is 1.73 bits per heavy atom. The normalized spacial score (nSPS) is 18.0. The molecule has 0 spiro atoms. The molecule has 0 heterocycles. The van der Waals surface area contributed by atoms with Gasteiger partial charge in [-0.2, -0.15) is 0 Å². The Labute approximate surface area is 220 Å². The van der Waals surface area contributed by atoms with E-state index in [4.69, 9.17) is 25.7 Å². The Morgan fingerprint density at radius 1 is 1.03 bits per heavy atom. The lowest BCUT2D eigenvalue weighted by Gasteiger charge is -2.27. The van der Waals surface area contributed by atoms with Crippen LogP contribution < -0.4 is 16.2 Å². The number of rotatable bonds is 11. The van der Waals surface area contributed by atoms with Crippen molar-refractivity contribution in [3.8, 4) is 5.75 Å². The van der Waals surface area contributed by atoms with E-state index >= 15 is 0 Å². The van der Waals surface area contributed by atoms with Crippen molar-refractivity contribution in [3.05, 3.63) is 59.7 Å². The number of hydrogen-bond donors (Lipinski definition) is 2. The Bertz CT molecular complexity index is 1070. The van der Waals surface area contributed by atoms with Crippen molar-refractivity contribution in [1.82, 2.24) is 0 Å². The maximum absolute atomic E-state index is 12.6. The van der Waals surface area contributed by atoms with Gasteiger partial charge in [0.15, 0.2) is 0 Å². The molecule has 200 valence electrons. The van der Waals surface area contributed by atoms with E-state index in [2.05, 4.69) is 6.92 Å². The first-order chi connectivity index (χ1) is 17.7. The van der Waals surface area contributed by atoms with Crippen LogP contribution in [0.15, 0.2) is 48.5 Å². The van der Waals surface area contributed by atoms with Crippen molar-refractivity contribution in [3.63, 3.8) is 0 Å². The number of ether oxygens (including phenoxy) is 3. The number of carbonyl (C=O) groups excluding carboxylic acids is 2. The SMILES string of the molecule is CCCCOC1CCC(C(=O)Oc2ccc(/C=C/C(=O)OCC(C)(C)c3ccc(N)cc3N)cc2)CC1. The lowest BCUT2D eigenvalue weighted by Crippen LogP contribution is -2.29. The topological polar surface area (TPSA) is 114 Å². The molecule has 0 amide bonds. The van der Waals surface area contributed by atoms with Gasteiger partial charge in [0, 0.05) is 29.5 Å². The van der Waals surface area contributed by atoms with E-state index in [-0.39, 0.29) is 24.6 Å². The first-order valence-corrected chi connectivity index (χ1v) is 13.1. The third kappa shape index (κ3) is 8.64. The number of nitrogens with two attached hydrogens (primary N) is 2. The second-order valence-corrected chi connectivity index (χ2v) is 10.4. The lowest BCUT2D eigenvalue weighted by molar-refractivity contribution is -0.141. The van der Waals surface area contributed by atoms with E-state index in [1.165, 1.54) is 6.08 Å². The molecule has 7 nitrogen and oxygen atoms in total. The number of unbranched alkanes of at least 4 members (excludes halogenated alkanes) is 1. The van der Waals surface area contributed by atoms with E-state index < -0.39 is 11.4 Å². The van der Waals surface area contributed by atoms with Gasteiger partial charge < -0.3 is 25.7 Å². The maximum Gasteiger partial charge on any atom is 0.330 e. The van der Waals surface area contributed by atoms with E-state index in [1.807, 2.05) is 19.9 Å². The van der Waals surface area contributed by atoms with Crippen molar-refractivity contribution >= 4 is 29.4 Å². The summed E-state index contributed by atoms with van der Waals surface area (Å²) in [5.41, 5.74) is 14.2. The summed E-state index contributed by atoms with van der Waals surface area (Å²) >= 11 is 0. The Hall–Kier alpha value is -3.32. The molecule has 0 unspecified atom stereocenters. The molecule has 1 aliphatic rings. The predicted molar refractivity (Wildman–Crippen MR) is 147 cm³/mol. The van der Waals surface area contributed by atoms with E-state index in [9.17, 15) is 9.59 Å². The fourth-order valence-corrected chi connectivity index (χ4v) is 4.45. The quantitative estimate of drug-likeness (QED) is 0.132. The molecule has 0 saturated heterocycles. The van der Waals surface area contributed by atoms with Gasteiger partial charge in [0.05, 0.1) is 12.0 Å². The van der Waals surface area contributed by atoms with E-state index in [1.54, 1.807) is 42.5 Å². The average Bonchev–Trinajstić information content (AvgIpc) is 2.87.